The molecule has 2 aliphatic heterocycles. The highest BCUT2D eigenvalue weighted by Gasteiger charge is 2.62. The minimum Gasteiger partial charge on any atom is -0.394 e. The van der Waals surface area contributed by atoms with Crippen LogP contribution >= 0.6 is 0 Å². The van der Waals surface area contributed by atoms with Gasteiger partial charge in [-0.25, -0.2) is 4.99 Å². The van der Waals surface area contributed by atoms with Gasteiger partial charge in [0.15, 0.2) is 0 Å². The zero-order chi connectivity index (χ0) is 15.7. The topological polar surface area (TPSA) is 123 Å². The molecule has 5 N–H and O–H groups in total. The molecule has 118 valence electrons. The summed E-state index contributed by atoms with van der Waals surface area (Å²) in [5.41, 5.74) is -0.865. The second-order valence-corrected chi connectivity index (χ2v) is 5.24. The molecule has 0 unspecified atom stereocenters. The molecule has 2 heterocycles. The molecular weight excluding hydrogens is 290 g/mol. The van der Waals surface area contributed by atoms with E-state index in [2.05, 4.69) is 15.6 Å². The number of ether oxygens (including phenoxy) is 1. The maximum atomic E-state index is 12.1. The zero-order valence-electron chi connectivity index (χ0n) is 11.6. The maximum absolute atomic E-state index is 12.1. The van der Waals surface area contributed by atoms with Crippen molar-refractivity contribution in [3.63, 3.8) is 0 Å². The summed E-state index contributed by atoms with van der Waals surface area (Å²) >= 11 is 0. The van der Waals surface area contributed by atoms with Crippen LogP contribution in [0, 0.1) is 0 Å². The number of aliphatic hydroxyl groups excluding tert-OH is 3. The zero-order valence-corrected chi connectivity index (χ0v) is 11.6. The molecule has 3 rings (SSSR count). The van der Waals surface area contributed by atoms with Gasteiger partial charge in [0, 0.05) is 0 Å². The molecule has 22 heavy (non-hydrogen) atoms. The first-order valence-corrected chi connectivity index (χ1v) is 6.89. The van der Waals surface area contributed by atoms with Gasteiger partial charge in [0.25, 0.3) is 11.6 Å². The Hall–Kier alpha value is -2.00. The SMILES string of the molecule is O=C1NC(=NCc2ccccc2)N[C@]12O[C@H](CO)[C@@H](O)[C@H]2O. The summed E-state index contributed by atoms with van der Waals surface area (Å²) < 4.78 is 5.32. The van der Waals surface area contributed by atoms with Crippen LogP contribution < -0.4 is 10.6 Å². The lowest BCUT2D eigenvalue weighted by molar-refractivity contribution is -0.153. The van der Waals surface area contributed by atoms with Crippen molar-refractivity contribution in [3.8, 4) is 0 Å². The van der Waals surface area contributed by atoms with Gasteiger partial charge in [-0.3, -0.25) is 10.1 Å². The van der Waals surface area contributed by atoms with Crippen LogP contribution in [0.4, 0.5) is 0 Å². The summed E-state index contributed by atoms with van der Waals surface area (Å²) in [4.78, 5) is 16.3. The van der Waals surface area contributed by atoms with E-state index >= 15 is 0 Å². The second kappa shape index (κ2) is 5.65. The molecule has 2 fully saturated rings. The number of hydrogen-bond donors (Lipinski definition) is 5. The van der Waals surface area contributed by atoms with Crippen LogP contribution in [0.2, 0.25) is 0 Å². The van der Waals surface area contributed by atoms with Crippen LogP contribution in [-0.4, -0.2) is 57.8 Å². The summed E-state index contributed by atoms with van der Waals surface area (Å²) in [6, 6.07) is 9.43. The first-order chi connectivity index (χ1) is 10.6. The third-order valence-corrected chi connectivity index (χ3v) is 3.77. The molecule has 0 aliphatic carbocycles. The van der Waals surface area contributed by atoms with Crippen LogP contribution in [0.15, 0.2) is 35.3 Å². The number of aliphatic imine (C=N–C) groups is 1. The minimum atomic E-state index is -1.82. The number of carbonyl (C=O) groups excluding carboxylic acids is 1. The van der Waals surface area contributed by atoms with Crippen LogP contribution in [0.5, 0.6) is 0 Å². The highest BCUT2D eigenvalue weighted by atomic mass is 16.6. The molecule has 8 nitrogen and oxygen atoms in total. The van der Waals surface area contributed by atoms with Crippen LogP contribution in [-0.2, 0) is 16.1 Å². The van der Waals surface area contributed by atoms with E-state index in [0.29, 0.717) is 6.54 Å². The summed E-state index contributed by atoms with van der Waals surface area (Å²) in [6.45, 7) is -0.174. The van der Waals surface area contributed by atoms with Crippen molar-refractivity contribution in [1.82, 2.24) is 10.6 Å². The Morgan fingerprint density at radius 1 is 1.27 bits per heavy atom. The Morgan fingerprint density at radius 2 is 2.00 bits per heavy atom. The van der Waals surface area contributed by atoms with Crippen molar-refractivity contribution in [2.75, 3.05) is 6.61 Å². The molecule has 2 saturated heterocycles. The first kappa shape index (κ1) is 14.9. The second-order valence-electron chi connectivity index (χ2n) is 5.24. The monoisotopic (exact) mass is 307 g/mol. The number of nitrogens with one attached hydrogen (secondary N) is 2. The number of amides is 1. The number of aliphatic hydroxyl groups is 3. The lowest BCUT2D eigenvalue weighted by Crippen LogP contribution is -2.56. The van der Waals surface area contributed by atoms with E-state index in [1.165, 1.54) is 0 Å². The van der Waals surface area contributed by atoms with E-state index in [9.17, 15) is 15.0 Å². The van der Waals surface area contributed by atoms with Gasteiger partial charge in [-0.05, 0) is 5.56 Å². The quantitative estimate of drug-likeness (QED) is 0.443. The number of nitrogens with zero attached hydrogens (tertiary/aromatic N) is 1. The van der Waals surface area contributed by atoms with Crippen LogP contribution in [0.25, 0.3) is 0 Å². The van der Waals surface area contributed by atoms with Crippen molar-refractivity contribution in [3.05, 3.63) is 35.9 Å². The van der Waals surface area contributed by atoms with E-state index in [-0.39, 0.29) is 5.96 Å². The fraction of sp³-hybridized carbons (Fsp3) is 0.429. The molecule has 1 aromatic carbocycles. The molecule has 4 atom stereocenters. The number of benzene rings is 1. The van der Waals surface area contributed by atoms with Gasteiger partial charge in [0.05, 0.1) is 13.2 Å². The van der Waals surface area contributed by atoms with Gasteiger partial charge < -0.3 is 25.4 Å². The Kier molecular flexibility index (Phi) is 3.83. The predicted molar refractivity (Wildman–Crippen MR) is 75.6 cm³/mol. The Balaban J connectivity index is 1.76. The van der Waals surface area contributed by atoms with Gasteiger partial charge in [-0.15, -0.1) is 0 Å². The molecular formula is C14H17N3O5. The highest BCUT2D eigenvalue weighted by molar-refractivity contribution is 6.08. The van der Waals surface area contributed by atoms with E-state index in [0.717, 1.165) is 5.56 Å². The fourth-order valence-electron chi connectivity index (χ4n) is 2.56. The minimum absolute atomic E-state index is 0.152. The van der Waals surface area contributed by atoms with Gasteiger partial charge >= 0.3 is 0 Å². The Morgan fingerprint density at radius 3 is 2.64 bits per heavy atom. The van der Waals surface area contributed by atoms with Gasteiger partial charge in [-0.1, -0.05) is 30.3 Å². The molecule has 0 saturated carbocycles. The average Bonchev–Trinajstić information content (AvgIpc) is 2.99. The Labute approximate surface area is 126 Å². The normalized spacial score (nSPS) is 35.9. The van der Waals surface area contributed by atoms with E-state index in [1.807, 2.05) is 30.3 Å². The number of rotatable bonds is 3. The summed E-state index contributed by atoms with van der Waals surface area (Å²) in [6.07, 6.45) is -3.91. The predicted octanol–water partition coefficient (Wildman–Crippen LogP) is -1.93. The van der Waals surface area contributed by atoms with Crippen molar-refractivity contribution in [2.24, 2.45) is 4.99 Å². The van der Waals surface area contributed by atoms with Crippen LogP contribution in [0.3, 0.4) is 0 Å². The van der Waals surface area contributed by atoms with Gasteiger partial charge in [0.1, 0.15) is 18.3 Å². The maximum Gasteiger partial charge on any atom is 0.283 e. The standard InChI is InChI=1S/C14H17N3O5/c18-7-9-10(19)11(20)14(22-9)12(21)16-13(17-14)15-6-8-4-2-1-3-5-8/h1-5,9-11,18-20H,6-7H2,(H2,15,16,17,21)/t9-,10-,11-,14-/m1/s1. The van der Waals surface area contributed by atoms with Crippen molar-refractivity contribution < 1.29 is 24.9 Å². The van der Waals surface area contributed by atoms with Crippen molar-refractivity contribution in [1.29, 1.82) is 0 Å². The lowest BCUT2D eigenvalue weighted by atomic mass is 10.0. The van der Waals surface area contributed by atoms with Crippen molar-refractivity contribution >= 4 is 11.9 Å². The largest absolute Gasteiger partial charge is 0.394 e. The third kappa shape index (κ3) is 2.35. The van der Waals surface area contributed by atoms with Crippen molar-refractivity contribution in [2.45, 2.75) is 30.6 Å². The molecule has 0 aromatic heterocycles. The van der Waals surface area contributed by atoms with E-state index < -0.39 is 36.6 Å². The molecule has 1 spiro atoms. The number of guanidine groups is 1. The molecule has 1 amide bonds. The number of hydrogen-bond acceptors (Lipinski definition) is 6. The Bertz CT molecular complexity index is 593. The lowest BCUT2D eigenvalue weighted by Gasteiger charge is -2.23. The third-order valence-electron chi connectivity index (χ3n) is 3.77. The van der Waals surface area contributed by atoms with Gasteiger partial charge in [-0.2, -0.15) is 0 Å². The van der Waals surface area contributed by atoms with Gasteiger partial charge in [0.2, 0.25) is 5.96 Å². The molecule has 2 aliphatic rings. The molecule has 0 bridgehead atoms. The molecule has 0 radical (unpaired) electrons. The summed E-state index contributed by atoms with van der Waals surface area (Å²) in [5, 5.41) is 34.1. The summed E-state index contributed by atoms with van der Waals surface area (Å²) in [7, 11) is 0. The smallest absolute Gasteiger partial charge is 0.283 e. The first-order valence-electron chi connectivity index (χ1n) is 6.89. The van der Waals surface area contributed by atoms with Crippen LogP contribution in [0.1, 0.15) is 5.56 Å². The highest BCUT2D eigenvalue weighted by Crippen LogP contribution is 2.31. The number of carbonyl (C=O) groups is 1. The summed E-state index contributed by atoms with van der Waals surface area (Å²) in [5.74, 6) is -0.500. The van der Waals surface area contributed by atoms with E-state index in [1.54, 1.807) is 0 Å². The fourth-order valence-corrected chi connectivity index (χ4v) is 2.56. The van der Waals surface area contributed by atoms with E-state index in [4.69, 9.17) is 9.84 Å². The molecule has 8 heteroatoms. The molecule has 1 aromatic rings. The average molecular weight is 307 g/mol.